The molecule has 0 saturated heterocycles. The number of carbonyl (C=O) groups is 1. The molecule has 0 saturated carbocycles. The van der Waals surface area contributed by atoms with Crippen molar-refractivity contribution >= 4 is 39.1 Å². The van der Waals surface area contributed by atoms with Crippen LogP contribution in [-0.4, -0.2) is 17.1 Å². The second-order valence-corrected chi connectivity index (χ2v) is 7.38. The number of thiazole rings is 1. The first kappa shape index (κ1) is 19.2. The third-order valence-corrected chi connectivity index (χ3v) is 5.22. The number of aromatic nitrogens is 1. The van der Waals surface area contributed by atoms with E-state index in [9.17, 15) is 4.79 Å². The van der Waals surface area contributed by atoms with Gasteiger partial charge in [-0.15, -0.1) is 6.42 Å². The molecule has 3 aromatic rings. The average Bonchev–Trinajstić information content (AvgIpc) is 2.99. The molecule has 0 aliphatic carbocycles. The number of hydrogen-bond acceptors (Lipinski definition) is 3. The zero-order valence-corrected chi connectivity index (χ0v) is 16.5. The van der Waals surface area contributed by atoms with Crippen molar-refractivity contribution in [2.75, 3.05) is 6.61 Å². The zero-order chi connectivity index (χ0) is 19.2. The van der Waals surface area contributed by atoms with Crippen LogP contribution in [0, 0.1) is 12.3 Å². The van der Waals surface area contributed by atoms with Gasteiger partial charge in [-0.1, -0.05) is 48.3 Å². The van der Waals surface area contributed by atoms with Crippen LogP contribution in [0.4, 0.5) is 0 Å². The zero-order valence-electron chi connectivity index (χ0n) is 14.9. The van der Waals surface area contributed by atoms with E-state index in [0.29, 0.717) is 34.3 Å². The molecule has 0 aliphatic rings. The molecule has 1 aromatic heterocycles. The number of amides is 1. The molecule has 1 heterocycles. The highest BCUT2D eigenvalue weighted by molar-refractivity contribution is 7.16. The van der Waals surface area contributed by atoms with Crippen molar-refractivity contribution in [2.45, 2.75) is 26.3 Å². The molecule has 0 aliphatic heterocycles. The third kappa shape index (κ3) is 4.60. The van der Waals surface area contributed by atoms with E-state index in [4.69, 9.17) is 22.8 Å². The first-order valence-electron chi connectivity index (χ1n) is 8.66. The first-order chi connectivity index (χ1) is 13.1. The summed E-state index contributed by atoms with van der Waals surface area (Å²) in [6.07, 6.45) is 7.52. The van der Waals surface area contributed by atoms with Gasteiger partial charge in [0, 0.05) is 10.6 Å². The lowest BCUT2D eigenvalue weighted by molar-refractivity contribution is 0.0997. The van der Waals surface area contributed by atoms with Gasteiger partial charge in [0.15, 0.2) is 4.80 Å². The lowest BCUT2D eigenvalue weighted by Gasteiger charge is -2.05. The maximum atomic E-state index is 12.7. The quantitative estimate of drug-likeness (QED) is 0.437. The summed E-state index contributed by atoms with van der Waals surface area (Å²) in [4.78, 5) is 17.5. The number of carbonyl (C=O) groups excluding carboxylic acids is 1. The molecule has 4 nitrogen and oxygen atoms in total. The monoisotopic (exact) mass is 398 g/mol. The Bertz CT molecular complexity index is 1080. The predicted molar refractivity (Wildman–Crippen MR) is 110 cm³/mol. The number of terminal acetylenes is 1. The molecule has 1 amide bonds. The Balaban J connectivity index is 1.96. The summed E-state index contributed by atoms with van der Waals surface area (Å²) in [5.41, 5.74) is 1.39. The molecule has 0 unspecified atom stereocenters. The highest BCUT2D eigenvalue weighted by Gasteiger charge is 2.10. The lowest BCUT2D eigenvalue weighted by atomic mass is 10.2. The number of halogens is 1. The molecular weight excluding hydrogens is 380 g/mol. The van der Waals surface area contributed by atoms with Gasteiger partial charge >= 0.3 is 0 Å². The maximum Gasteiger partial charge on any atom is 0.279 e. The van der Waals surface area contributed by atoms with Gasteiger partial charge in [0.1, 0.15) is 5.75 Å². The minimum Gasteiger partial charge on any atom is -0.494 e. The van der Waals surface area contributed by atoms with Gasteiger partial charge in [-0.25, -0.2) is 0 Å². The molecule has 27 heavy (non-hydrogen) atoms. The Morgan fingerprint density at radius 3 is 2.96 bits per heavy atom. The molecule has 0 radical (unpaired) electrons. The first-order valence-corrected chi connectivity index (χ1v) is 9.86. The molecule has 0 fully saturated rings. The summed E-state index contributed by atoms with van der Waals surface area (Å²) in [5, 5.41) is 0.631. The number of hydrogen-bond donors (Lipinski definition) is 0. The van der Waals surface area contributed by atoms with Crippen molar-refractivity contribution in [3.8, 4) is 18.1 Å². The van der Waals surface area contributed by atoms with E-state index in [-0.39, 0.29) is 5.91 Å². The summed E-state index contributed by atoms with van der Waals surface area (Å²) in [7, 11) is 0. The molecule has 2 aromatic carbocycles. The predicted octanol–water partition coefficient (Wildman–Crippen LogP) is 4.91. The van der Waals surface area contributed by atoms with E-state index >= 15 is 0 Å². The van der Waals surface area contributed by atoms with Crippen molar-refractivity contribution in [1.29, 1.82) is 0 Å². The van der Waals surface area contributed by atoms with Gasteiger partial charge in [0.05, 0.1) is 23.4 Å². The van der Waals surface area contributed by atoms with E-state index in [1.54, 1.807) is 24.3 Å². The highest BCUT2D eigenvalue weighted by Crippen LogP contribution is 2.22. The number of nitrogens with zero attached hydrogens (tertiary/aromatic N) is 2. The Hall–Kier alpha value is -2.55. The average molecular weight is 399 g/mol. The fourth-order valence-corrected chi connectivity index (χ4v) is 3.88. The van der Waals surface area contributed by atoms with Crippen LogP contribution < -0.4 is 9.54 Å². The molecule has 0 bridgehead atoms. The number of rotatable bonds is 6. The van der Waals surface area contributed by atoms with E-state index in [0.717, 1.165) is 23.1 Å². The van der Waals surface area contributed by atoms with Crippen molar-refractivity contribution in [3.63, 3.8) is 0 Å². The van der Waals surface area contributed by atoms with Crippen molar-refractivity contribution < 1.29 is 9.53 Å². The SMILES string of the molecule is C#CCn1c(=NC(=O)c2cccc(OCCCC)c2)sc2cc(Cl)ccc21. The van der Waals surface area contributed by atoms with Crippen LogP contribution >= 0.6 is 22.9 Å². The Morgan fingerprint density at radius 2 is 2.19 bits per heavy atom. The molecule has 138 valence electrons. The van der Waals surface area contributed by atoms with Gasteiger partial charge in [-0.2, -0.15) is 4.99 Å². The molecular formula is C21H19ClN2O2S. The van der Waals surface area contributed by atoms with Crippen LogP contribution in [0.25, 0.3) is 10.2 Å². The minimum absolute atomic E-state index is 0.327. The maximum absolute atomic E-state index is 12.7. The van der Waals surface area contributed by atoms with Gasteiger partial charge in [0.25, 0.3) is 5.91 Å². The molecule has 3 rings (SSSR count). The summed E-state index contributed by atoms with van der Waals surface area (Å²) in [6.45, 7) is 3.06. The topological polar surface area (TPSA) is 43.6 Å². The van der Waals surface area contributed by atoms with E-state index < -0.39 is 0 Å². The molecule has 6 heteroatoms. The van der Waals surface area contributed by atoms with Gasteiger partial charge in [-0.3, -0.25) is 4.79 Å². The fraction of sp³-hybridized carbons (Fsp3) is 0.238. The molecule has 0 N–H and O–H groups in total. The Morgan fingerprint density at radius 1 is 1.33 bits per heavy atom. The van der Waals surface area contributed by atoms with Gasteiger partial charge in [0.2, 0.25) is 0 Å². The number of benzene rings is 2. The fourth-order valence-electron chi connectivity index (χ4n) is 2.58. The van der Waals surface area contributed by atoms with Crippen LogP contribution in [0.5, 0.6) is 5.75 Å². The van der Waals surface area contributed by atoms with Gasteiger partial charge < -0.3 is 9.30 Å². The third-order valence-electron chi connectivity index (χ3n) is 3.94. The molecule has 0 atom stereocenters. The second kappa shape index (κ2) is 8.90. The van der Waals surface area contributed by atoms with Crippen LogP contribution in [0.1, 0.15) is 30.1 Å². The summed E-state index contributed by atoms with van der Waals surface area (Å²) in [5.74, 6) is 2.95. The minimum atomic E-state index is -0.334. The standard InChI is InChI=1S/C21H19ClN2O2S/c1-3-5-12-26-17-8-6-7-15(13-17)20(25)23-21-24(11-4-2)18-10-9-16(22)14-19(18)27-21/h2,6-10,13-14H,3,5,11-12H2,1H3. The Labute approximate surface area is 167 Å². The van der Waals surface area contributed by atoms with Crippen LogP contribution in [0.2, 0.25) is 5.02 Å². The highest BCUT2D eigenvalue weighted by atomic mass is 35.5. The Kier molecular flexibility index (Phi) is 6.33. The normalized spacial score (nSPS) is 11.5. The van der Waals surface area contributed by atoms with Crippen LogP contribution in [0.15, 0.2) is 47.5 Å². The van der Waals surface area contributed by atoms with Crippen LogP contribution in [0.3, 0.4) is 0 Å². The van der Waals surface area contributed by atoms with E-state index in [1.165, 1.54) is 11.3 Å². The molecule has 0 spiro atoms. The van der Waals surface area contributed by atoms with Crippen molar-refractivity contribution in [3.05, 3.63) is 57.9 Å². The summed E-state index contributed by atoms with van der Waals surface area (Å²) >= 11 is 7.46. The lowest BCUT2D eigenvalue weighted by Crippen LogP contribution is -2.16. The van der Waals surface area contributed by atoms with Crippen molar-refractivity contribution in [1.82, 2.24) is 4.57 Å². The van der Waals surface area contributed by atoms with E-state index in [2.05, 4.69) is 17.8 Å². The van der Waals surface area contributed by atoms with E-state index in [1.807, 2.05) is 22.8 Å². The number of unbranched alkanes of at least 4 members (excludes halogenated alkanes) is 1. The summed E-state index contributed by atoms with van der Waals surface area (Å²) in [6, 6.07) is 12.6. The second-order valence-electron chi connectivity index (χ2n) is 5.93. The summed E-state index contributed by atoms with van der Waals surface area (Å²) < 4.78 is 8.45. The van der Waals surface area contributed by atoms with Gasteiger partial charge in [-0.05, 0) is 42.8 Å². The number of fused-ring (bicyclic) bond motifs is 1. The smallest absolute Gasteiger partial charge is 0.279 e. The van der Waals surface area contributed by atoms with Crippen LogP contribution in [-0.2, 0) is 6.54 Å². The number of ether oxygens (including phenoxy) is 1. The van der Waals surface area contributed by atoms with Crippen molar-refractivity contribution in [2.24, 2.45) is 4.99 Å². The largest absolute Gasteiger partial charge is 0.494 e.